The first-order valence-corrected chi connectivity index (χ1v) is 7.62. The summed E-state index contributed by atoms with van der Waals surface area (Å²) in [5.41, 5.74) is 2.15. The molecule has 122 valence electrons. The summed E-state index contributed by atoms with van der Waals surface area (Å²) in [4.78, 5) is 4.17. The Kier molecular flexibility index (Phi) is 4.67. The predicted octanol–water partition coefficient (Wildman–Crippen LogP) is 3.70. The number of ether oxygens (including phenoxy) is 4. The summed E-state index contributed by atoms with van der Waals surface area (Å²) < 4.78 is 22.4. The lowest BCUT2D eigenvalue weighted by molar-refractivity contribution is 0.0436. The van der Waals surface area contributed by atoms with Crippen molar-refractivity contribution in [2.75, 3.05) is 21.3 Å². The highest BCUT2D eigenvalue weighted by Crippen LogP contribution is 2.45. The van der Waals surface area contributed by atoms with E-state index in [9.17, 15) is 0 Å². The maximum Gasteiger partial charge on any atom is 0.203 e. The Bertz CT molecular complexity index is 634. The third-order valence-electron chi connectivity index (χ3n) is 4.13. The second kappa shape index (κ2) is 6.87. The van der Waals surface area contributed by atoms with E-state index in [0.717, 1.165) is 24.0 Å². The molecule has 1 aliphatic heterocycles. The molecule has 5 heteroatoms. The van der Waals surface area contributed by atoms with Gasteiger partial charge in [-0.05, 0) is 42.2 Å². The molecule has 2 aromatic rings. The maximum absolute atomic E-state index is 6.21. The molecule has 0 amide bonds. The lowest BCUT2D eigenvalue weighted by Crippen LogP contribution is -2.02. The Hall–Kier alpha value is -2.27. The number of hydrogen-bond acceptors (Lipinski definition) is 5. The molecule has 1 fully saturated rings. The summed E-state index contributed by atoms with van der Waals surface area (Å²) in [5.74, 6) is 1.89. The van der Waals surface area contributed by atoms with Gasteiger partial charge in [-0.25, -0.2) is 0 Å². The number of hydrogen-bond donors (Lipinski definition) is 0. The molecule has 0 saturated carbocycles. The molecular formula is C18H21NO4. The van der Waals surface area contributed by atoms with Crippen LogP contribution in [0.1, 0.15) is 36.2 Å². The fourth-order valence-electron chi connectivity index (χ4n) is 2.98. The Morgan fingerprint density at radius 2 is 1.61 bits per heavy atom. The van der Waals surface area contributed by atoms with E-state index < -0.39 is 0 Å². The molecule has 1 aromatic carbocycles. The number of rotatable bonds is 5. The van der Waals surface area contributed by atoms with Crippen molar-refractivity contribution in [2.24, 2.45) is 0 Å². The minimum absolute atomic E-state index is 0.00825. The van der Waals surface area contributed by atoms with Crippen molar-refractivity contribution in [3.05, 3.63) is 47.8 Å². The van der Waals surface area contributed by atoms with Crippen LogP contribution in [0.3, 0.4) is 0 Å². The van der Waals surface area contributed by atoms with Gasteiger partial charge in [-0.2, -0.15) is 0 Å². The molecule has 0 N–H and O–H groups in total. The summed E-state index contributed by atoms with van der Waals surface area (Å²) in [6.07, 6.45) is 5.63. The van der Waals surface area contributed by atoms with Crippen LogP contribution in [0.2, 0.25) is 0 Å². The van der Waals surface area contributed by atoms with E-state index in [1.165, 1.54) is 0 Å². The molecule has 2 heterocycles. The van der Waals surface area contributed by atoms with Crippen LogP contribution in [0.25, 0.3) is 0 Å². The molecule has 0 bridgehead atoms. The normalized spacial score (nSPS) is 20.3. The summed E-state index contributed by atoms with van der Waals surface area (Å²) in [5, 5.41) is 0. The van der Waals surface area contributed by atoms with E-state index in [-0.39, 0.29) is 12.2 Å². The Morgan fingerprint density at radius 3 is 2.13 bits per heavy atom. The van der Waals surface area contributed by atoms with E-state index in [1.807, 2.05) is 24.4 Å². The average molecular weight is 315 g/mol. The van der Waals surface area contributed by atoms with Crippen molar-refractivity contribution in [3.63, 3.8) is 0 Å². The van der Waals surface area contributed by atoms with Crippen molar-refractivity contribution < 1.29 is 18.9 Å². The third-order valence-corrected chi connectivity index (χ3v) is 4.13. The number of pyridine rings is 1. The molecule has 1 aliphatic rings. The van der Waals surface area contributed by atoms with Gasteiger partial charge in [-0.15, -0.1) is 0 Å². The Morgan fingerprint density at radius 1 is 0.957 bits per heavy atom. The summed E-state index contributed by atoms with van der Waals surface area (Å²) >= 11 is 0. The quantitative estimate of drug-likeness (QED) is 0.842. The van der Waals surface area contributed by atoms with E-state index in [4.69, 9.17) is 18.9 Å². The first-order valence-electron chi connectivity index (χ1n) is 7.62. The molecule has 0 spiro atoms. The summed E-state index contributed by atoms with van der Waals surface area (Å²) in [6.45, 7) is 0. The first-order chi connectivity index (χ1) is 11.3. The van der Waals surface area contributed by atoms with Gasteiger partial charge in [0.2, 0.25) is 5.75 Å². The summed E-state index contributed by atoms with van der Waals surface area (Å²) in [6, 6.07) is 7.90. The van der Waals surface area contributed by atoms with Gasteiger partial charge in [0.1, 0.15) is 0 Å². The van der Waals surface area contributed by atoms with Gasteiger partial charge in [0.15, 0.2) is 11.5 Å². The predicted molar refractivity (Wildman–Crippen MR) is 86.1 cm³/mol. The zero-order valence-corrected chi connectivity index (χ0v) is 13.6. The molecule has 0 unspecified atom stereocenters. The van der Waals surface area contributed by atoms with Crippen LogP contribution in [-0.4, -0.2) is 26.3 Å². The van der Waals surface area contributed by atoms with Crippen molar-refractivity contribution >= 4 is 0 Å². The van der Waals surface area contributed by atoms with Gasteiger partial charge in [-0.1, -0.05) is 6.07 Å². The van der Waals surface area contributed by atoms with Gasteiger partial charge >= 0.3 is 0 Å². The topological polar surface area (TPSA) is 49.8 Å². The van der Waals surface area contributed by atoms with Crippen LogP contribution >= 0.6 is 0 Å². The number of methoxy groups -OCH3 is 3. The van der Waals surface area contributed by atoms with Gasteiger partial charge in [-0.3, -0.25) is 4.98 Å². The molecule has 3 rings (SSSR count). The minimum atomic E-state index is 0.00825. The van der Waals surface area contributed by atoms with Gasteiger partial charge in [0.05, 0.1) is 33.5 Å². The highest BCUT2D eigenvalue weighted by Gasteiger charge is 2.29. The molecule has 0 radical (unpaired) electrons. The second-order valence-electron chi connectivity index (χ2n) is 5.44. The Labute approximate surface area is 136 Å². The van der Waals surface area contributed by atoms with Crippen molar-refractivity contribution in [1.82, 2.24) is 4.98 Å². The van der Waals surface area contributed by atoms with Gasteiger partial charge in [0.25, 0.3) is 0 Å². The number of nitrogens with zero attached hydrogens (tertiary/aromatic N) is 1. The zero-order chi connectivity index (χ0) is 16.2. The van der Waals surface area contributed by atoms with E-state index in [2.05, 4.69) is 11.1 Å². The van der Waals surface area contributed by atoms with Crippen molar-refractivity contribution in [1.29, 1.82) is 0 Å². The number of benzene rings is 1. The molecule has 1 aromatic heterocycles. The standard InChI is InChI=1S/C18H21NO4/c1-20-16-9-13(10-17(21-2)18(16)22-3)15-7-6-14(23-15)12-5-4-8-19-11-12/h4-5,8-11,14-15H,6-7H2,1-3H3/t14-,15+/m0/s1. The van der Waals surface area contributed by atoms with Crippen LogP contribution in [0.5, 0.6) is 17.2 Å². The largest absolute Gasteiger partial charge is 0.493 e. The fraction of sp³-hybridized carbons (Fsp3) is 0.389. The third kappa shape index (κ3) is 3.10. The molecule has 5 nitrogen and oxygen atoms in total. The van der Waals surface area contributed by atoms with Crippen LogP contribution in [0.15, 0.2) is 36.7 Å². The maximum atomic E-state index is 6.21. The lowest BCUT2D eigenvalue weighted by atomic mass is 10.0. The lowest BCUT2D eigenvalue weighted by Gasteiger charge is -2.18. The van der Waals surface area contributed by atoms with Crippen LogP contribution in [-0.2, 0) is 4.74 Å². The first kappa shape index (κ1) is 15.6. The number of aromatic nitrogens is 1. The smallest absolute Gasteiger partial charge is 0.203 e. The zero-order valence-electron chi connectivity index (χ0n) is 13.6. The van der Waals surface area contributed by atoms with Crippen molar-refractivity contribution in [2.45, 2.75) is 25.0 Å². The van der Waals surface area contributed by atoms with E-state index in [0.29, 0.717) is 17.2 Å². The molecule has 23 heavy (non-hydrogen) atoms. The van der Waals surface area contributed by atoms with E-state index >= 15 is 0 Å². The molecular weight excluding hydrogens is 294 g/mol. The SMILES string of the molecule is COc1cc([C@H]2CC[C@@H](c3cccnc3)O2)cc(OC)c1OC. The summed E-state index contributed by atoms with van der Waals surface area (Å²) in [7, 11) is 4.84. The monoisotopic (exact) mass is 315 g/mol. The molecule has 2 atom stereocenters. The minimum Gasteiger partial charge on any atom is -0.493 e. The highest BCUT2D eigenvalue weighted by atomic mass is 16.5. The van der Waals surface area contributed by atoms with Crippen LogP contribution in [0.4, 0.5) is 0 Å². The molecule has 0 aliphatic carbocycles. The molecule has 1 saturated heterocycles. The van der Waals surface area contributed by atoms with Crippen LogP contribution in [0, 0.1) is 0 Å². The highest BCUT2D eigenvalue weighted by molar-refractivity contribution is 5.54. The van der Waals surface area contributed by atoms with E-state index in [1.54, 1.807) is 27.5 Å². The Balaban J connectivity index is 1.85. The second-order valence-corrected chi connectivity index (χ2v) is 5.44. The average Bonchev–Trinajstić information content (AvgIpc) is 3.11. The fourth-order valence-corrected chi connectivity index (χ4v) is 2.98. The van der Waals surface area contributed by atoms with Gasteiger partial charge < -0.3 is 18.9 Å². The van der Waals surface area contributed by atoms with Crippen molar-refractivity contribution in [3.8, 4) is 17.2 Å². The van der Waals surface area contributed by atoms with Gasteiger partial charge in [0, 0.05) is 12.4 Å². The van der Waals surface area contributed by atoms with Crippen LogP contribution < -0.4 is 14.2 Å².